The van der Waals surface area contributed by atoms with Gasteiger partial charge in [-0.25, -0.2) is 9.18 Å². The molecule has 3 aromatic rings. The largest absolute Gasteiger partial charge is 0.448 e. The lowest BCUT2D eigenvalue weighted by Crippen LogP contribution is -2.51. The number of carbonyl (C=O) groups is 1. The summed E-state index contributed by atoms with van der Waals surface area (Å²) >= 11 is 0. The number of rotatable bonds is 3. The summed E-state index contributed by atoms with van der Waals surface area (Å²) in [7, 11) is 0. The zero-order valence-corrected chi connectivity index (χ0v) is 19.3. The predicted molar refractivity (Wildman–Crippen MR) is 132 cm³/mol. The van der Waals surface area contributed by atoms with Crippen molar-refractivity contribution < 1.29 is 13.9 Å². The lowest BCUT2D eigenvalue weighted by atomic mass is 9.82. The molecule has 1 amide bonds. The maximum absolute atomic E-state index is 13.6. The molecule has 2 heterocycles. The molecule has 0 saturated carbocycles. The molecule has 0 spiro atoms. The molecule has 3 aromatic carbocycles. The number of nitrogens with zero attached hydrogens (tertiary/aromatic N) is 1. The van der Waals surface area contributed by atoms with Crippen LogP contribution in [0.4, 0.5) is 9.18 Å². The van der Waals surface area contributed by atoms with Crippen molar-refractivity contribution in [3.05, 3.63) is 101 Å². The second kappa shape index (κ2) is 8.43. The summed E-state index contributed by atoms with van der Waals surface area (Å²) in [6, 6.07) is 21.9. The highest BCUT2D eigenvalue weighted by molar-refractivity contribution is 5.79. The van der Waals surface area contributed by atoms with Crippen LogP contribution in [0.5, 0.6) is 0 Å². The minimum absolute atomic E-state index is 0.0302. The smallest absolute Gasteiger partial charge is 0.410 e. The van der Waals surface area contributed by atoms with Crippen molar-refractivity contribution in [1.82, 2.24) is 4.90 Å². The fourth-order valence-corrected chi connectivity index (χ4v) is 6.17. The molecule has 2 bridgehead atoms. The van der Waals surface area contributed by atoms with Crippen molar-refractivity contribution in [2.45, 2.75) is 50.6 Å². The normalized spacial score (nSPS) is 21.0. The van der Waals surface area contributed by atoms with E-state index in [1.165, 1.54) is 33.9 Å². The molecule has 0 N–H and O–H groups in total. The quantitative estimate of drug-likeness (QED) is 0.424. The van der Waals surface area contributed by atoms with Crippen molar-refractivity contribution in [1.29, 1.82) is 0 Å². The van der Waals surface area contributed by atoms with E-state index in [0.29, 0.717) is 6.61 Å². The second-order valence-electron chi connectivity index (χ2n) is 9.72. The SMILES string of the molecule is Cc1cc(F)ccc1C1=CC2CCCC(C1)N2C(=O)OCC1c2ccccc2-c2ccccc21. The highest BCUT2D eigenvalue weighted by atomic mass is 19.1. The number of ether oxygens (including phenoxy) is 1. The van der Waals surface area contributed by atoms with Gasteiger partial charge in [-0.05, 0) is 83.7 Å². The van der Waals surface area contributed by atoms with E-state index in [9.17, 15) is 9.18 Å². The van der Waals surface area contributed by atoms with Crippen molar-refractivity contribution in [2.75, 3.05) is 6.61 Å². The van der Waals surface area contributed by atoms with Crippen molar-refractivity contribution in [3.63, 3.8) is 0 Å². The van der Waals surface area contributed by atoms with Gasteiger partial charge in [-0.1, -0.05) is 60.7 Å². The first-order valence-electron chi connectivity index (χ1n) is 12.2. The van der Waals surface area contributed by atoms with E-state index in [2.05, 4.69) is 54.6 Å². The Labute approximate surface area is 199 Å². The Hall–Kier alpha value is -3.40. The molecule has 172 valence electrons. The van der Waals surface area contributed by atoms with E-state index in [0.717, 1.165) is 36.8 Å². The van der Waals surface area contributed by atoms with Gasteiger partial charge in [0.2, 0.25) is 0 Å². The molecule has 1 fully saturated rings. The molecule has 4 heteroatoms. The van der Waals surface area contributed by atoms with Crippen LogP contribution in [-0.2, 0) is 4.74 Å². The number of hydrogen-bond donors (Lipinski definition) is 0. The maximum atomic E-state index is 13.6. The van der Waals surface area contributed by atoms with Gasteiger partial charge in [0.25, 0.3) is 0 Å². The summed E-state index contributed by atoms with van der Waals surface area (Å²) in [6.45, 7) is 2.30. The van der Waals surface area contributed by atoms with E-state index in [1.54, 1.807) is 6.07 Å². The second-order valence-corrected chi connectivity index (χ2v) is 9.72. The third kappa shape index (κ3) is 3.53. The molecule has 2 unspecified atom stereocenters. The Balaban J connectivity index is 1.23. The molecular formula is C30H28FNO2. The van der Waals surface area contributed by atoms with Gasteiger partial charge in [0.1, 0.15) is 12.4 Å². The summed E-state index contributed by atoms with van der Waals surface area (Å²) in [6.07, 6.45) is 5.78. The van der Waals surface area contributed by atoms with Gasteiger partial charge >= 0.3 is 6.09 Å². The van der Waals surface area contributed by atoms with Crippen LogP contribution in [0.15, 0.2) is 72.8 Å². The van der Waals surface area contributed by atoms with Crippen LogP contribution < -0.4 is 0 Å². The molecule has 0 radical (unpaired) electrons. The monoisotopic (exact) mass is 453 g/mol. The summed E-state index contributed by atoms with van der Waals surface area (Å²) in [5.41, 5.74) is 8.17. The zero-order valence-electron chi connectivity index (χ0n) is 19.3. The van der Waals surface area contributed by atoms with Crippen molar-refractivity contribution >= 4 is 11.7 Å². The Morgan fingerprint density at radius 3 is 2.35 bits per heavy atom. The van der Waals surface area contributed by atoms with Crippen molar-refractivity contribution in [2.24, 2.45) is 0 Å². The van der Waals surface area contributed by atoms with Crippen LogP contribution >= 0.6 is 0 Å². The fraction of sp³-hybridized carbons (Fsp3) is 0.300. The first-order valence-corrected chi connectivity index (χ1v) is 12.2. The average molecular weight is 454 g/mol. The van der Waals surface area contributed by atoms with E-state index >= 15 is 0 Å². The van der Waals surface area contributed by atoms with Gasteiger partial charge < -0.3 is 4.74 Å². The standard InChI is InChI=1S/C30H28FNO2/c1-19-15-21(31)13-14-24(19)20-16-22-7-6-8-23(17-20)32(22)30(33)34-18-29-27-11-4-2-9-25(27)26-10-3-5-12-28(26)29/h2-5,9-16,22-23,29H,6-8,17-18H2,1H3. The summed E-state index contributed by atoms with van der Waals surface area (Å²) < 4.78 is 19.6. The van der Waals surface area contributed by atoms with E-state index in [1.807, 2.05) is 17.9 Å². The van der Waals surface area contributed by atoms with Crippen LogP contribution in [0.2, 0.25) is 0 Å². The Bertz CT molecular complexity index is 1250. The first-order chi connectivity index (χ1) is 16.6. The number of hydrogen-bond acceptors (Lipinski definition) is 2. The van der Waals surface area contributed by atoms with Gasteiger partial charge in [0.15, 0.2) is 0 Å². The molecule has 3 aliphatic rings. The topological polar surface area (TPSA) is 29.5 Å². The molecule has 1 saturated heterocycles. The number of amides is 1. The molecular weight excluding hydrogens is 425 g/mol. The number of benzene rings is 3. The number of aryl methyl sites for hydroxylation is 1. The summed E-state index contributed by atoms with van der Waals surface area (Å²) in [4.78, 5) is 15.3. The Morgan fingerprint density at radius 1 is 0.971 bits per heavy atom. The Morgan fingerprint density at radius 2 is 1.68 bits per heavy atom. The number of halogens is 1. The highest BCUT2D eigenvalue weighted by Gasteiger charge is 2.39. The number of piperidine rings is 1. The molecule has 1 aliphatic carbocycles. The molecule has 2 atom stereocenters. The van der Waals surface area contributed by atoms with Gasteiger partial charge in [-0.3, -0.25) is 4.90 Å². The van der Waals surface area contributed by atoms with Crippen LogP contribution in [0.25, 0.3) is 16.7 Å². The lowest BCUT2D eigenvalue weighted by molar-refractivity contribution is 0.0539. The van der Waals surface area contributed by atoms with E-state index < -0.39 is 0 Å². The van der Waals surface area contributed by atoms with Crippen LogP contribution in [0.3, 0.4) is 0 Å². The van der Waals surface area contributed by atoms with E-state index in [4.69, 9.17) is 4.74 Å². The van der Waals surface area contributed by atoms with Gasteiger partial charge in [0, 0.05) is 12.0 Å². The van der Waals surface area contributed by atoms with Crippen LogP contribution in [-0.4, -0.2) is 29.7 Å². The third-order valence-electron chi connectivity index (χ3n) is 7.72. The molecule has 0 aromatic heterocycles. The van der Waals surface area contributed by atoms with Gasteiger partial charge in [-0.15, -0.1) is 0 Å². The minimum atomic E-state index is -0.220. The predicted octanol–water partition coefficient (Wildman–Crippen LogP) is 7.09. The van der Waals surface area contributed by atoms with Gasteiger partial charge in [0.05, 0.1) is 6.04 Å². The fourth-order valence-electron chi connectivity index (χ4n) is 6.17. The summed E-state index contributed by atoms with van der Waals surface area (Å²) in [5, 5.41) is 0. The average Bonchev–Trinajstić information content (AvgIpc) is 3.15. The molecule has 6 rings (SSSR count). The van der Waals surface area contributed by atoms with Gasteiger partial charge in [-0.2, -0.15) is 0 Å². The lowest BCUT2D eigenvalue weighted by Gasteiger charge is -2.44. The maximum Gasteiger partial charge on any atom is 0.410 e. The molecule has 2 aliphatic heterocycles. The van der Waals surface area contributed by atoms with Crippen molar-refractivity contribution in [3.8, 4) is 11.1 Å². The third-order valence-corrected chi connectivity index (χ3v) is 7.72. The molecule has 34 heavy (non-hydrogen) atoms. The van der Waals surface area contributed by atoms with Crippen LogP contribution in [0, 0.1) is 12.7 Å². The zero-order chi connectivity index (χ0) is 23.2. The highest BCUT2D eigenvalue weighted by Crippen LogP contribution is 2.45. The minimum Gasteiger partial charge on any atom is -0.448 e. The van der Waals surface area contributed by atoms with Crippen LogP contribution in [0.1, 0.15) is 53.9 Å². The molecule has 3 nitrogen and oxygen atoms in total. The van der Waals surface area contributed by atoms with E-state index in [-0.39, 0.29) is 29.9 Å². The number of fused-ring (bicyclic) bond motifs is 5. The number of carbonyl (C=O) groups excluding carboxylic acids is 1. The Kier molecular flexibility index (Phi) is 5.24. The summed E-state index contributed by atoms with van der Waals surface area (Å²) in [5.74, 6) is -0.146. The first kappa shape index (κ1) is 21.2.